The molecule has 0 bridgehead atoms. The second-order valence-corrected chi connectivity index (χ2v) is 4.05. The molecule has 17 heavy (non-hydrogen) atoms. The second kappa shape index (κ2) is 5.54. The van der Waals surface area contributed by atoms with Crippen molar-refractivity contribution in [3.05, 3.63) is 35.6 Å². The van der Waals surface area contributed by atoms with E-state index in [1.807, 2.05) is 13.8 Å². The third-order valence-electron chi connectivity index (χ3n) is 2.74. The Morgan fingerprint density at radius 3 is 2.41 bits per heavy atom. The first-order valence-electron chi connectivity index (χ1n) is 5.81. The van der Waals surface area contributed by atoms with Crippen LogP contribution in [0.5, 0.6) is 0 Å². The van der Waals surface area contributed by atoms with E-state index in [0.717, 1.165) is 0 Å². The van der Waals surface area contributed by atoms with Gasteiger partial charge in [0.25, 0.3) is 5.92 Å². The number of hydrogen-bond acceptors (Lipinski definition) is 1. The highest BCUT2D eigenvalue weighted by Crippen LogP contribution is 2.39. The fourth-order valence-electron chi connectivity index (χ4n) is 2.06. The van der Waals surface area contributed by atoms with E-state index in [2.05, 4.69) is 0 Å². The molecule has 0 amide bonds. The van der Waals surface area contributed by atoms with Crippen molar-refractivity contribution < 1.29 is 13.2 Å². The Hall–Kier alpha value is -1.03. The molecule has 1 nitrogen and oxygen atoms in total. The largest absolute Gasteiger partial charge is 0.293 e. The molecule has 1 atom stereocenters. The van der Waals surface area contributed by atoms with Crippen molar-refractivity contribution in [3.63, 3.8) is 0 Å². The molecule has 1 aliphatic rings. The smallest absolute Gasteiger partial charge is 0.262 e. The van der Waals surface area contributed by atoms with Gasteiger partial charge in [0.2, 0.25) is 0 Å². The maximum absolute atomic E-state index is 13.1. The zero-order valence-corrected chi connectivity index (χ0v) is 10.4. The minimum Gasteiger partial charge on any atom is -0.293 e. The first kappa shape index (κ1) is 14.0. The van der Waals surface area contributed by atoms with Crippen molar-refractivity contribution in [2.24, 2.45) is 0 Å². The van der Waals surface area contributed by atoms with Gasteiger partial charge in [0, 0.05) is 12.5 Å². The zero-order valence-electron chi connectivity index (χ0n) is 10.4. The summed E-state index contributed by atoms with van der Waals surface area (Å²) in [6, 6.07) is 5.50. The maximum Gasteiger partial charge on any atom is 0.262 e. The molecule has 1 unspecified atom stereocenters. The fourth-order valence-corrected chi connectivity index (χ4v) is 2.06. The van der Waals surface area contributed by atoms with Crippen molar-refractivity contribution in [1.82, 2.24) is 4.90 Å². The minimum atomic E-state index is -2.66. The van der Waals surface area contributed by atoms with Crippen molar-refractivity contribution >= 4 is 0 Å². The molecule has 0 N–H and O–H groups in total. The van der Waals surface area contributed by atoms with Gasteiger partial charge in [-0.05, 0) is 24.7 Å². The Kier molecular flexibility index (Phi) is 4.57. The fraction of sp³-hybridized carbons (Fsp3) is 0.538. The number of nitrogens with zero attached hydrogens (tertiary/aromatic N) is 1. The maximum atomic E-state index is 13.1. The Balaban J connectivity index is 0.000000686. The van der Waals surface area contributed by atoms with Gasteiger partial charge in [-0.15, -0.1) is 0 Å². The summed E-state index contributed by atoms with van der Waals surface area (Å²) in [5, 5.41) is 0. The van der Waals surface area contributed by atoms with Crippen molar-refractivity contribution in [3.8, 4) is 0 Å². The molecule has 1 saturated heterocycles. The van der Waals surface area contributed by atoms with E-state index in [-0.39, 0.29) is 24.8 Å². The monoisotopic (exact) mass is 245 g/mol. The highest BCUT2D eigenvalue weighted by Gasteiger charge is 2.43. The lowest BCUT2D eigenvalue weighted by molar-refractivity contribution is 0.0140. The molecule has 0 aliphatic carbocycles. The van der Waals surface area contributed by atoms with Crippen molar-refractivity contribution in [1.29, 1.82) is 0 Å². The number of hydrogen-bond donors (Lipinski definition) is 0. The molecule has 96 valence electrons. The van der Waals surface area contributed by atoms with E-state index in [9.17, 15) is 13.2 Å². The average molecular weight is 245 g/mol. The standard InChI is InChI=1S/C11H12F3N.C2H6/c1-15-7-11(13,14)6-10(15)8-3-2-4-9(12)5-8;1-2/h2-5,10H,6-7H2,1H3;1-2H3. The van der Waals surface area contributed by atoms with Gasteiger partial charge >= 0.3 is 0 Å². The molecular weight excluding hydrogens is 227 g/mol. The molecule has 2 rings (SSSR count). The van der Waals surface area contributed by atoms with E-state index in [0.29, 0.717) is 5.56 Å². The van der Waals surface area contributed by atoms with E-state index < -0.39 is 5.92 Å². The summed E-state index contributed by atoms with van der Waals surface area (Å²) in [6.07, 6.45) is -0.229. The summed E-state index contributed by atoms with van der Waals surface area (Å²) in [6.45, 7) is 3.74. The van der Waals surface area contributed by atoms with Gasteiger partial charge in [-0.1, -0.05) is 26.0 Å². The van der Waals surface area contributed by atoms with E-state index in [1.165, 1.54) is 12.1 Å². The van der Waals surface area contributed by atoms with Crippen LogP contribution in [0, 0.1) is 5.82 Å². The molecular formula is C13H18F3N. The number of rotatable bonds is 1. The molecule has 0 radical (unpaired) electrons. The summed E-state index contributed by atoms with van der Waals surface area (Å²) in [5.74, 6) is -3.04. The normalized spacial score (nSPS) is 23.1. The second-order valence-electron chi connectivity index (χ2n) is 4.05. The minimum absolute atomic E-state index is 0.229. The van der Waals surface area contributed by atoms with Crippen LogP contribution in [0.25, 0.3) is 0 Å². The molecule has 1 heterocycles. The van der Waals surface area contributed by atoms with Crippen LogP contribution < -0.4 is 0 Å². The van der Waals surface area contributed by atoms with Gasteiger partial charge in [-0.2, -0.15) is 0 Å². The quantitative estimate of drug-likeness (QED) is 0.726. The summed E-state index contributed by atoms with van der Waals surface area (Å²) in [5.41, 5.74) is 0.620. The van der Waals surface area contributed by atoms with Crippen LogP contribution >= 0.6 is 0 Å². The van der Waals surface area contributed by atoms with Crippen molar-refractivity contribution in [2.45, 2.75) is 32.2 Å². The van der Waals surface area contributed by atoms with Gasteiger partial charge in [0.15, 0.2) is 0 Å². The van der Waals surface area contributed by atoms with Crippen LogP contribution in [0.4, 0.5) is 13.2 Å². The highest BCUT2D eigenvalue weighted by atomic mass is 19.3. The van der Waals surface area contributed by atoms with Crippen molar-refractivity contribution in [2.75, 3.05) is 13.6 Å². The topological polar surface area (TPSA) is 3.24 Å². The summed E-state index contributed by atoms with van der Waals surface area (Å²) in [7, 11) is 1.64. The number of alkyl halides is 2. The summed E-state index contributed by atoms with van der Waals surface area (Å²) in [4.78, 5) is 1.56. The van der Waals surface area contributed by atoms with Gasteiger partial charge in [-0.3, -0.25) is 4.90 Å². The Labute approximate surface area is 100 Å². The van der Waals surface area contributed by atoms with Crippen LogP contribution in [0.2, 0.25) is 0 Å². The van der Waals surface area contributed by atoms with E-state index in [4.69, 9.17) is 0 Å². The number of benzene rings is 1. The van der Waals surface area contributed by atoms with E-state index in [1.54, 1.807) is 24.1 Å². The lowest BCUT2D eigenvalue weighted by atomic mass is 10.0. The Morgan fingerprint density at radius 1 is 1.29 bits per heavy atom. The van der Waals surface area contributed by atoms with Crippen LogP contribution in [-0.4, -0.2) is 24.4 Å². The van der Waals surface area contributed by atoms with Gasteiger partial charge in [0.1, 0.15) is 5.82 Å². The highest BCUT2D eigenvalue weighted by molar-refractivity contribution is 5.22. The summed E-state index contributed by atoms with van der Waals surface area (Å²) >= 11 is 0. The van der Waals surface area contributed by atoms with Crippen LogP contribution in [0.15, 0.2) is 24.3 Å². The van der Waals surface area contributed by atoms with Crippen LogP contribution in [0.3, 0.4) is 0 Å². The molecule has 0 aromatic heterocycles. The molecule has 4 heteroatoms. The predicted octanol–water partition coefficient (Wildman–Crippen LogP) is 3.86. The molecule has 0 saturated carbocycles. The predicted molar refractivity (Wildman–Crippen MR) is 62.7 cm³/mol. The Morgan fingerprint density at radius 2 is 1.94 bits per heavy atom. The third kappa shape index (κ3) is 3.46. The molecule has 1 aromatic rings. The zero-order chi connectivity index (χ0) is 13.1. The first-order valence-corrected chi connectivity index (χ1v) is 5.81. The first-order chi connectivity index (χ1) is 7.98. The Bertz CT molecular complexity index is 365. The SMILES string of the molecule is CC.CN1CC(F)(F)CC1c1cccc(F)c1. The van der Waals surface area contributed by atoms with Gasteiger partial charge in [0.05, 0.1) is 6.54 Å². The third-order valence-corrected chi connectivity index (χ3v) is 2.74. The molecule has 0 spiro atoms. The summed E-state index contributed by atoms with van der Waals surface area (Å²) < 4.78 is 39.1. The average Bonchev–Trinajstić information content (AvgIpc) is 2.55. The molecule has 1 aliphatic heterocycles. The van der Waals surface area contributed by atoms with Crippen LogP contribution in [-0.2, 0) is 0 Å². The number of likely N-dealkylation sites (tertiary alicyclic amines) is 1. The lowest BCUT2D eigenvalue weighted by Crippen LogP contribution is -2.22. The van der Waals surface area contributed by atoms with Gasteiger partial charge in [-0.25, -0.2) is 13.2 Å². The number of halogens is 3. The van der Waals surface area contributed by atoms with Gasteiger partial charge < -0.3 is 0 Å². The van der Waals surface area contributed by atoms with Crippen LogP contribution in [0.1, 0.15) is 31.9 Å². The molecule has 1 fully saturated rings. The van der Waals surface area contributed by atoms with E-state index >= 15 is 0 Å². The molecule has 1 aromatic carbocycles. The lowest BCUT2D eigenvalue weighted by Gasteiger charge is -2.18.